The number of ether oxygens (including phenoxy) is 4. The summed E-state index contributed by atoms with van der Waals surface area (Å²) >= 11 is 0. The second-order valence-electron chi connectivity index (χ2n) is 8.42. The van der Waals surface area contributed by atoms with Crippen molar-refractivity contribution in [3.05, 3.63) is 24.3 Å². The first kappa shape index (κ1) is 30.4. The maximum atomic E-state index is 12.1. The molecule has 5 atom stereocenters. The van der Waals surface area contributed by atoms with Gasteiger partial charge in [-0.3, -0.25) is 4.79 Å². The molecule has 0 aliphatic carbocycles. The largest absolute Gasteiger partial charge is 0.462 e. The van der Waals surface area contributed by atoms with Crippen LogP contribution in [0.1, 0.15) is 19.3 Å². The molecule has 1 aromatic rings. The number of aliphatic hydroxyl groups excluding tert-OH is 4. The first-order valence-electron chi connectivity index (χ1n) is 12.3. The number of nitrogens with one attached hydrogen (secondary N) is 3. The molecule has 206 valence electrons. The van der Waals surface area contributed by atoms with E-state index in [0.717, 1.165) is 32.5 Å². The summed E-state index contributed by atoms with van der Waals surface area (Å²) in [5, 5.41) is 48.0. The number of hydrogen-bond acceptors (Lipinski definition) is 11. The van der Waals surface area contributed by atoms with Crippen LogP contribution in [0.25, 0.3) is 0 Å². The van der Waals surface area contributed by atoms with Crippen LogP contribution in [0.4, 0.5) is 5.69 Å². The van der Waals surface area contributed by atoms with E-state index in [1.54, 1.807) is 24.3 Å². The van der Waals surface area contributed by atoms with E-state index in [2.05, 4.69) is 16.0 Å². The van der Waals surface area contributed by atoms with Crippen LogP contribution in [-0.2, 0) is 19.0 Å². The van der Waals surface area contributed by atoms with E-state index in [0.29, 0.717) is 44.2 Å². The smallest absolute Gasteiger partial charge is 0.229 e. The lowest BCUT2D eigenvalue weighted by Crippen LogP contribution is -2.60. The van der Waals surface area contributed by atoms with E-state index in [-0.39, 0.29) is 5.91 Å². The monoisotopic (exact) mass is 515 g/mol. The molecule has 0 spiro atoms. The van der Waals surface area contributed by atoms with Crippen molar-refractivity contribution < 1.29 is 44.2 Å². The molecular weight excluding hydrogens is 474 g/mol. The van der Waals surface area contributed by atoms with E-state index in [4.69, 9.17) is 18.9 Å². The Bertz CT molecular complexity index is 723. The van der Waals surface area contributed by atoms with Gasteiger partial charge < -0.3 is 55.3 Å². The van der Waals surface area contributed by atoms with Crippen LogP contribution in [0.2, 0.25) is 0 Å². The van der Waals surface area contributed by atoms with E-state index in [9.17, 15) is 25.2 Å². The zero-order chi connectivity index (χ0) is 26.2. The summed E-state index contributed by atoms with van der Waals surface area (Å²) in [7, 11) is 1.92. The maximum absolute atomic E-state index is 12.1. The molecule has 5 unspecified atom stereocenters. The molecule has 2 rings (SSSR count). The van der Waals surface area contributed by atoms with Gasteiger partial charge in [0.25, 0.3) is 0 Å². The van der Waals surface area contributed by atoms with Gasteiger partial charge in [-0.1, -0.05) is 0 Å². The SMILES string of the molecule is CNCCCOCCOCCCNCCC(=O)Nc1ccc(OC2OC(CO)C(O)C(O)C2O)cc1. The number of carbonyl (C=O) groups is 1. The summed E-state index contributed by atoms with van der Waals surface area (Å²) in [6.07, 6.45) is -4.63. The predicted molar refractivity (Wildman–Crippen MR) is 132 cm³/mol. The Balaban J connectivity index is 1.55. The molecule has 12 heteroatoms. The molecule has 0 radical (unpaired) electrons. The van der Waals surface area contributed by atoms with Gasteiger partial charge in [0.2, 0.25) is 12.2 Å². The van der Waals surface area contributed by atoms with Crippen molar-refractivity contribution in [3.8, 4) is 5.75 Å². The Morgan fingerprint density at radius 2 is 1.58 bits per heavy atom. The van der Waals surface area contributed by atoms with Crippen LogP contribution in [0, 0.1) is 0 Å². The van der Waals surface area contributed by atoms with Gasteiger partial charge in [-0.25, -0.2) is 0 Å². The van der Waals surface area contributed by atoms with Crippen LogP contribution in [0.15, 0.2) is 24.3 Å². The Hall–Kier alpha value is -1.87. The third-order valence-corrected chi connectivity index (χ3v) is 5.50. The predicted octanol–water partition coefficient (Wildman–Crippen LogP) is -1.18. The van der Waals surface area contributed by atoms with Gasteiger partial charge in [-0.15, -0.1) is 0 Å². The first-order valence-corrected chi connectivity index (χ1v) is 12.3. The second kappa shape index (κ2) is 17.6. The van der Waals surface area contributed by atoms with Crippen molar-refractivity contribution in [1.29, 1.82) is 0 Å². The minimum Gasteiger partial charge on any atom is -0.462 e. The topological polar surface area (TPSA) is 171 Å². The minimum absolute atomic E-state index is 0.142. The fraction of sp³-hybridized carbons (Fsp3) is 0.708. The van der Waals surface area contributed by atoms with Gasteiger partial charge in [-0.2, -0.15) is 0 Å². The summed E-state index contributed by atoms with van der Waals surface area (Å²) in [4.78, 5) is 12.1. The molecule has 0 bridgehead atoms. The standard InChI is InChI=1S/C24H41N3O9/c1-25-9-2-12-33-14-15-34-13-3-10-26-11-8-20(29)27-17-4-6-18(7-5-17)35-24-23(32)22(31)21(30)19(16-28)36-24/h4-7,19,21-26,28,30-32H,2-3,8-16H2,1H3,(H,27,29). The Labute approximate surface area is 211 Å². The quantitative estimate of drug-likeness (QED) is 0.117. The van der Waals surface area contributed by atoms with Crippen molar-refractivity contribution in [1.82, 2.24) is 10.6 Å². The van der Waals surface area contributed by atoms with Gasteiger partial charge >= 0.3 is 0 Å². The lowest BCUT2D eigenvalue weighted by atomic mass is 9.99. The van der Waals surface area contributed by atoms with Crippen molar-refractivity contribution in [2.24, 2.45) is 0 Å². The van der Waals surface area contributed by atoms with Crippen molar-refractivity contribution in [2.45, 2.75) is 50.0 Å². The molecule has 36 heavy (non-hydrogen) atoms. The number of amides is 1. The Morgan fingerprint density at radius 1 is 0.917 bits per heavy atom. The molecule has 1 aromatic carbocycles. The minimum atomic E-state index is -1.52. The van der Waals surface area contributed by atoms with Gasteiger partial charge in [0, 0.05) is 31.9 Å². The van der Waals surface area contributed by atoms with Crippen LogP contribution in [0.3, 0.4) is 0 Å². The molecule has 1 saturated heterocycles. The fourth-order valence-electron chi connectivity index (χ4n) is 3.44. The highest BCUT2D eigenvalue weighted by molar-refractivity contribution is 5.90. The summed E-state index contributed by atoms with van der Waals surface area (Å²) in [5.41, 5.74) is 0.572. The van der Waals surface area contributed by atoms with Gasteiger partial charge in [0.15, 0.2) is 0 Å². The van der Waals surface area contributed by atoms with Crippen LogP contribution in [-0.4, -0.2) is 117 Å². The number of aliphatic hydroxyl groups is 4. The van der Waals surface area contributed by atoms with Crippen LogP contribution >= 0.6 is 0 Å². The average molecular weight is 516 g/mol. The van der Waals surface area contributed by atoms with Gasteiger partial charge in [0.1, 0.15) is 30.2 Å². The van der Waals surface area contributed by atoms with Crippen molar-refractivity contribution in [2.75, 3.05) is 65.0 Å². The van der Waals surface area contributed by atoms with Gasteiger partial charge in [-0.05, 0) is 57.2 Å². The number of rotatable bonds is 18. The molecule has 1 aliphatic rings. The summed E-state index contributed by atoms with van der Waals surface area (Å²) < 4.78 is 21.8. The average Bonchev–Trinajstić information content (AvgIpc) is 2.88. The summed E-state index contributed by atoms with van der Waals surface area (Å²) in [5.74, 6) is 0.179. The zero-order valence-corrected chi connectivity index (χ0v) is 20.8. The normalized spacial score (nSPS) is 24.0. The Morgan fingerprint density at radius 3 is 2.22 bits per heavy atom. The molecule has 0 saturated carbocycles. The second-order valence-corrected chi connectivity index (χ2v) is 8.42. The van der Waals surface area contributed by atoms with Crippen LogP contribution in [0.5, 0.6) is 5.75 Å². The number of hydrogen-bond donors (Lipinski definition) is 7. The van der Waals surface area contributed by atoms with Gasteiger partial charge in [0.05, 0.1) is 19.8 Å². The first-order chi connectivity index (χ1) is 17.5. The van der Waals surface area contributed by atoms with Crippen molar-refractivity contribution >= 4 is 11.6 Å². The van der Waals surface area contributed by atoms with E-state index < -0.39 is 37.3 Å². The highest BCUT2D eigenvalue weighted by atomic mass is 16.7. The highest BCUT2D eigenvalue weighted by Gasteiger charge is 2.44. The molecule has 0 aromatic heterocycles. The molecule has 7 N–H and O–H groups in total. The van der Waals surface area contributed by atoms with E-state index >= 15 is 0 Å². The number of carbonyl (C=O) groups excluding carboxylic acids is 1. The molecular formula is C24H41N3O9. The number of benzene rings is 1. The van der Waals surface area contributed by atoms with E-state index in [1.165, 1.54) is 0 Å². The van der Waals surface area contributed by atoms with E-state index in [1.807, 2.05) is 7.05 Å². The highest BCUT2D eigenvalue weighted by Crippen LogP contribution is 2.25. The lowest BCUT2D eigenvalue weighted by Gasteiger charge is -2.39. The number of anilines is 1. The Kier molecular flexibility index (Phi) is 14.8. The lowest BCUT2D eigenvalue weighted by molar-refractivity contribution is -0.277. The molecule has 12 nitrogen and oxygen atoms in total. The third-order valence-electron chi connectivity index (χ3n) is 5.50. The third kappa shape index (κ3) is 11.0. The molecule has 1 amide bonds. The fourth-order valence-corrected chi connectivity index (χ4v) is 3.44. The van der Waals surface area contributed by atoms with Crippen molar-refractivity contribution in [3.63, 3.8) is 0 Å². The molecule has 1 aliphatic heterocycles. The maximum Gasteiger partial charge on any atom is 0.229 e. The molecule has 1 fully saturated rings. The zero-order valence-electron chi connectivity index (χ0n) is 20.8. The van der Waals surface area contributed by atoms with Crippen LogP contribution < -0.4 is 20.7 Å². The molecule has 1 heterocycles. The summed E-state index contributed by atoms with van der Waals surface area (Å²) in [6, 6.07) is 6.41. The summed E-state index contributed by atoms with van der Waals surface area (Å²) in [6.45, 7) is 4.24.